The Hall–Kier alpha value is -1.63. The minimum Gasteiger partial charge on any atom is -0.351 e. The zero-order valence-corrected chi connectivity index (χ0v) is 15.6. The minimum absolute atomic E-state index is 0.115. The van der Waals surface area contributed by atoms with Gasteiger partial charge in [0.1, 0.15) is 12.2 Å². The number of hydrogen-bond donors (Lipinski definition) is 2. The van der Waals surface area contributed by atoms with E-state index >= 15 is 0 Å². The van der Waals surface area contributed by atoms with Crippen molar-refractivity contribution in [3.8, 4) is 0 Å². The molecule has 1 fully saturated rings. The van der Waals surface area contributed by atoms with Crippen molar-refractivity contribution in [3.05, 3.63) is 56.8 Å². The summed E-state index contributed by atoms with van der Waals surface area (Å²) in [6.45, 7) is 4.68. The average Bonchev–Trinajstić information content (AvgIpc) is 3.21. The molecule has 6 heteroatoms. The first-order valence-corrected chi connectivity index (χ1v) is 9.75. The number of aromatic nitrogens is 1. The Morgan fingerprint density at radius 3 is 2.71 bits per heavy atom. The smallest absolute Gasteiger partial charge is 0.270 e. The number of hydrogen-bond acceptors (Lipinski definition) is 2. The first-order valence-electron chi connectivity index (χ1n) is 8.14. The van der Waals surface area contributed by atoms with Crippen LogP contribution in [0.25, 0.3) is 10.9 Å². The predicted molar refractivity (Wildman–Crippen MR) is 101 cm³/mol. The van der Waals surface area contributed by atoms with Gasteiger partial charge in [0, 0.05) is 10.9 Å². The highest BCUT2D eigenvalue weighted by Crippen LogP contribution is 2.21. The average molecular weight is 405 g/mol. The summed E-state index contributed by atoms with van der Waals surface area (Å²) in [5.41, 5.74) is 1.72. The molecule has 2 N–H and O–H groups in total. The van der Waals surface area contributed by atoms with Gasteiger partial charge in [0.05, 0.1) is 34.8 Å². The van der Waals surface area contributed by atoms with E-state index in [4.69, 9.17) is 0 Å². The fraction of sp³-hybridized carbons (Fsp3) is 0.278. The van der Waals surface area contributed by atoms with E-state index in [2.05, 4.69) is 33.0 Å². The minimum atomic E-state index is 0.115. The Kier molecular flexibility index (Phi) is 4.43. The Morgan fingerprint density at radius 2 is 2.00 bits per heavy atom. The first-order chi connectivity index (χ1) is 11.7. The standard InChI is InChI=1S/C18H18BrN3OS/c19-17-6-5-14(24-17)12-21-7-9-22(10-8-21)18(23)16-11-13-3-1-2-4-15(13)20-16/h1-6,11,20H,7-10,12H2/p+1. The number of amides is 1. The molecule has 0 radical (unpaired) electrons. The molecule has 4 nitrogen and oxygen atoms in total. The lowest BCUT2D eigenvalue weighted by Gasteiger charge is -2.31. The normalized spacial score (nSPS) is 16.0. The number of carbonyl (C=O) groups is 1. The van der Waals surface area contributed by atoms with E-state index in [-0.39, 0.29) is 5.91 Å². The summed E-state index contributed by atoms with van der Waals surface area (Å²) in [5, 5.41) is 1.09. The molecule has 4 rings (SSSR count). The van der Waals surface area contributed by atoms with E-state index in [9.17, 15) is 4.79 Å². The molecule has 1 aromatic carbocycles. The van der Waals surface area contributed by atoms with Crippen molar-refractivity contribution in [2.24, 2.45) is 0 Å². The number of halogens is 1. The zero-order chi connectivity index (χ0) is 16.5. The van der Waals surface area contributed by atoms with Crippen LogP contribution in [-0.2, 0) is 6.54 Å². The summed E-state index contributed by atoms with van der Waals surface area (Å²) in [7, 11) is 0. The third-order valence-corrected chi connectivity index (χ3v) is 6.19. The summed E-state index contributed by atoms with van der Waals surface area (Å²) in [6.07, 6.45) is 0. The molecule has 0 bridgehead atoms. The molecule has 0 atom stereocenters. The molecule has 2 aromatic heterocycles. The van der Waals surface area contributed by atoms with Crippen molar-refractivity contribution in [2.45, 2.75) is 6.54 Å². The van der Waals surface area contributed by atoms with Crippen LogP contribution in [0, 0.1) is 0 Å². The Bertz CT molecular complexity index is 831. The number of nitrogens with zero attached hydrogens (tertiary/aromatic N) is 1. The molecule has 124 valence electrons. The van der Waals surface area contributed by atoms with Crippen LogP contribution in [0.1, 0.15) is 15.4 Å². The monoisotopic (exact) mass is 404 g/mol. The number of thiophene rings is 1. The number of aromatic amines is 1. The molecule has 1 aliphatic rings. The molecule has 3 heterocycles. The van der Waals surface area contributed by atoms with Crippen molar-refractivity contribution in [1.82, 2.24) is 9.88 Å². The topological polar surface area (TPSA) is 40.5 Å². The fourth-order valence-corrected chi connectivity index (χ4v) is 4.81. The molecular weight excluding hydrogens is 386 g/mol. The van der Waals surface area contributed by atoms with Crippen LogP contribution in [0.15, 0.2) is 46.3 Å². The van der Waals surface area contributed by atoms with Crippen molar-refractivity contribution < 1.29 is 9.69 Å². The van der Waals surface area contributed by atoms with Crippen molar-refractivity contribution in [3.63, 3.8) is 0 Å². The molecule has 0 spiro atoms. The van der Waals surface area contributed by atoms with Crippen LogP contribution in [0.5, 0.6) is 0 Å². The highest BCUT2D eigenvalue weighted by molar-refractivity contribution is 9.11. The molecule has 1 amide bonds. The van der Waals surface area contributed by atoms with Gasteiger partial charge < -0.3 is 14.8 Å². The molecule has 0 unspecified atom stereocenters. The van der Waals surface area contributed by atoms with Gasteiger partial charge in [0.2, 0.25) is 0 Å². The van der Waals surface area contributed by atoms with Gasteiger partial charge in [-0.25, -0.2) is 0 Å². The van der Waals surface area contributed by atoms with Gasteiger partial charge in [0.15, 0.2) is 0 Å². The molecule has 0 saturated carbocycles. The Labute approximate surface area is 153 Å². The van der Waals surface area contributed by atoms with Crippen molar-refractivity contribution in [1.29, 1.82) is 0 Å². The van der Waals surface area contributed by atoms with E-state index in [0.717, 1.165) is 43.6 Å². The quantitative estimate of drug-likeness (QED) is 0.691. The summed E-state index contributed by atoms with van der Waals surface area (Å²) in [6, 6.07) is 14.3. The van der Waals surface area contributed by atoms with Crippen LogP contribution >= 0.6 is 27.3 Å². The van der Waals surface area contributed by atoms with Crippen LogP contribution in [0.3, 0.4) is 0 Å². The molecule has 0 aliphatic carbocycles. The lowest BCUT2D eigenvalue weighted by molar-refractivity contribution is -0.917. The Morgan fingerprint density at radius 1 is 1.21 bits per heavy atom. The largest absolute Gasteiger partial charge is 0.351 e. The van der Waals surface area contributed by atoms with Crippen LogP contribution in [-0.4, -0.2) is 42.0 Å². The summed E-state index contributed by atoms with van der Waals surface area (Å²) in [4.78, 5) is 20.9. The van der Waals surface area contributed by atoms with Crippen molar-refractivity contribution >= 4 is 44.1 Å². The summed E-state index contributed by atoms with van der Waals surface area (Å²) >= 11 is 5.32. The van der Waals surface area contributed by atoms with Gasteiger partial charge in [-0.2, -0.15) is 0 Å². The summed E-state index contributed by atoms with van der Waals surface area (Å²) in [5.74, 6) is 0.115. The third-order valence-electron chi connectivity index (χ3n) is 4.57. The number of rotatable bonds is 3. The lowest BCUT2D eigenvalue weighted by Crippen LogP contribution is -3.13. The molecule has 1 aliphatic heterocycles. The van der Waals surface area contributed by atoms with E-state index in [0.29, 0.717) is 5.69 Å². The van der Waals surface area contributed by atoms with Gasteiger partial charge in [-0.3, -0.25) is 4.79 Å². The van der Waals surface area contributed by atoms with Crippen LogP contribution < -0.4 is 4.90 Å². The molecule has 24 heavy (non-hydrogen) atoms. The van der Waals surface area contributed by atoms with Crippen LogP contribution in [0.2, 0.25) is 0 Å². The van der Waals surface area contributed by atoms with Gasteiger partial charge in [0.25, 0.3) is 5.91 Å². The number of nitrogens with one attached hydrogen (secondary N) is 2. The zero-order valence-electron chi connectivity index (χ0n) is 13.2. The SMILES string of the molecule is O=C(c1cc2ccccc2[nH]1)N1CC[NH+](Cc2ccc(Br)s2)CC1. The van der Waals surface area contributed by atoms with Gasteiger partial charge in [-0.1, -0.05) is 18.2 Å². The maximum atomic E-state index is 12.7. The lowest BCUT2D eigenvalue weighted by atomic mass is 10.2. The molecule has 3 aromatic rings. The number of benzene rings is 1. The number of carbonyl (C=O) groups excluding carboxylic acids is 1. The van der Waals surface area contributed by atoms with E-state index < -0.39 is 0 Å². The van der Waals surface area contributed by atoms with Gasteiger partial charge >= 0.3 is 0 Å². The number of fused-ring (bicyclic) bond motifs is 1. The highest BCUT2D eigenvalue weighted by Gasteiger charge is 2.25. The third kappa shape index (κ3) is 3.27. The van der Waals surface area contributed by atoms with E-state index in [1.165, 1.54) is 8.66 Å². The number of piperazine rings is 1. The fourth-order valence-electron chi connectivity index (χ4n) is 3.25. The predicted octanol–water partition coefficient (Wildman–Crippen LogP) is 2.53. The number of para-hydroxylation sites is 1. The second kappa shape index (κ2) is 6.70. The van der Waals surface area contributed by atoms with E-state index in [1.54, 1.807) is 16.2 Å². The first kappa shape index (κ1) is 15.9. The Balaban J connectivity index is 1.39. The number of H-pyrrole nitrogens is 1. The molecular formula is C18H19BrN3OS+. The van der Waals surface area contributed by atoms with Gasteiger partial charge in [-0.05, 0) is 40.2 Å². The molecule has 1 saturated heterocycles. The summed E-state index contributed by atoms with van der Waals surface area (Å²) < 4.78 is 1.18. The second-order valence-electron chi connectivity index (χ2n) is 6.20. The van der Waals surface area contributed by atoms with Crippen LogP contribution in [0.4, 0.5) is 0 Å². The second-order valence-corrected chi connectivity index (χ2v) is 8.74. The maximum absolute atomic E-state index is 12.7. The van der Waals surface area contributed by atoms with Gasteiger partial charge in [-0.15, -0.1) is 11.3 Å². The van der Waals surface area contributed by atoms with E-state index in [1.807, 2.05) is 35.2 Å². The van der Waals surface area contributed by atoms with Crippen molar-refractivity contribution in [2.75, 3.05) is 26.2 Å². The number of quaternary nitrogens is 1. The highest BCUT2D eigenvalue weighted by atomic mass is 79.9. The maximum Gasteiger partial charge on any atom is 0.270 e.